The summed E-state index contributed by atoms with van der Waals surface area (Å²) in [4.78, 5) is 11.8. The first kappa shape index (κ1) is 14.4. The minimum Gasteiger partial charge on any atom is -0.325 e. The Labute approximate surface area is 119 Å². The molecule has 0 aromatic heterocycles. The zero-order valence-corrected chi connectivity index (χ0v) is 12.4. The van der Waals surface area contributed by atoms with Gasteiger partial charge in [-0.1, -0.05) is 26.0 Å². The number of nitrogens with one attached hydrogen (secondary N) is 2. The molecular formula is C15H22N2OS. The highest BCUT2D eigenvalue weighted by Crippen LogP contribution is 2.18. The van der Waals surface area contributed by atoms with E-state index in [0.29, 0.717) is 11.7 Å². The summed E-state index contributed by atoms with van der Waals surface area (Å²) in [6.45, 7) is 6.54. The molecule has 4 heteroatoms. The van der Waals surface area contributed by atoms with Gasteiger partial charge in [-0.3, -0.25) is 4.79 Å². The second kappa shape index (κ2) is 6.96. The lowest BCUT2D eigenvalue weighted by Gasteiger charge is -2.26. The minimum atomic E-state index is 0.0922. The summed E-state index contributed by atoms with van der Waals surface area (Å²) in [7, 11) is 0. The van der Waals surface area contributed by atoms with Gasteiger partial charge in [-0.2, -0.15) is 11.8 Å². The van der Waals surface area contributed by atoms with E-state index in [-0.39, 0.29) is 5.91 Å². The lowest BCUT2D eigenvalue weighted by molar-refractivity contribution is -0.113. The first-order valence-corrected chi connectivity index (χ1v) is 7.99. The van der Waals surface area contributed by atoms with Crippen molar-refractivity contribution in [3.8, 4) is 0 Å². The average molecular weight is 278 g/mol. The Balaban J connectivity index is 1.71. The van der Waals surface area contributed by atoms with Crippen LogP contribution in [-0.4, -0.2) is 30.5 Å². The van der Waals surface area contributed by atoms with Gasteiger partial charge < -0.3 is 10.6 Å². The van der Waals surface area contributed by atoms with Crippen molar-refractivity contribution in [2.45, 2.75) is 19.8 Å². The van der Waals surface area contributed by atoms with Crippen LogP contribution < -0.4 is 10.6 Å². The number of thioether (sulfide) groups is 1. The number of rotatable bonds is 6. The van der Waals surface area contributed by atoms with Gasteiger partial charge in [-0.25, -0.2) is 0 Å². The molecule has 2 N–H and O–H groups in total. The summed E-state index contributed by atoms with van der Waals surface area (Å²) in [5.74, 6) is 2.99. The van der Waals surface area contributed by atoms with E-state index in [9.17, 15) is 4.79 Å². The summed E-state index contributed by atoms with van der Waals surface area (Å²) >= 11 is 1.72. The number of hydrogen-bond acceptors (Lipinski definition) is 3. The van der Waals surface area contributed by atoms with Crippen LogP contribution in [0.5, 0.6) is 0 Å². The molecule has 1 fully saturated rings. The Morgan fingerprint density at radius 1 is 1.37 bits per heavy atom. The Bertz CT molecular complexity index is 413. The molecule has 0 saturated carbocycles. The van der Waals surface area contributed by atoms with Gasteiger partial charge in [0.05, 0.1) is 5.75 Å². The van der Waals surface area contributed by atoms with Crippen LogP contribution in [0.2, 0.25) is 0 Å². The Kier molecular flexibility index (Phi) is 5.28. The summed E-state index contributed by atoms with van der Waals surface area (Å²) in [5, 5.41) is 6.18. The molecule has 1 aromatic rings. The van der Waals surface area contributed by atoms with Crippen LogP contribution in [-0.2, 0) is 4.79 Å². The van der Waals surface area contributed by atoms with Crippen molar-refractivity contribution < 1.29 is 4.79 Å². The number of anilines is 1. The molecule has 1 saturated heterocycles. The van der Waals surface area contributed by atoms with Gasteiger partial charge in [0.15, 0.2) is 0 Å². The molecule has 0 atom stereocenters. The predicted molar refractivity (Wildman–Crippen MR) is 82.8 cm³/mol. The topological polar surface area (TPSA) is 41.1 Å². The lowest BCUT2D eigenvalue weighted by Crippen LogP contribution is -2.43. The van der Waals surface area contributed by atoms with Gasteiger partial charge in [-0.15, -0.1) is 0 Å². The average Bonchev–Trinajstić information content (AvgIpc) is 2.33. The highest BCUT2D eigenvalue weighted by Gasteiger charge is 2.16. The smallest absolute Gasteiger partial charge is 0.234 e. The monoisotopic (exact) mass is 278 g/mol. The number of carbonyl (C=O) groups excluding carboxylic acids is 1. The number of amides is 1. The van der Waals surface area contributed by atoms with Gasteiger partial charge in [0.25, 0.3) is 0 Å². The summed E-state index contributed by atoms with van der Waals surface area (Å²) in [5.41, 5.74) is 2.19. The van der Waals surface area contributed by atoms with Gasteiger partial charge in [0.2, 0.25) is 5.91 Å². The molecule has 19 heavy (non-hydrogen) atoms. The maximum atomic E-state index is 11.8. The summed E-state index contributed by atoms with van der Waals surface area (Å²) in [6, 6.07) is 8.11. The predicted octanol–water partition coefficient (Wildman–Crippen LogP) is 2.70. The second-order valence-corrected chi connectivity index (χ2v) is 6.39. The molecule has 0 spiro atoms. The van der Waals surface area contributed by atoms with E-state index in [1.54, 1.807) is 11.8 Å². The fourth-order valence-corrected chi connectivity index (χ4v) is 2.88. The molecule has 1 aliphatic heterocycles. The van der Waals surface area contributed by atoms with Crippen molar-refractivity contribution in [3.63, 3.8) is 0 Å². The number of benzene rings is 1. The highest BCUT2D eigenvalue weighted by molar-refractivity contribution is 7.99. The van der Waals surface area contributed by atoms with Crippen LogP contribution in [0.25, 0.3) is 0 Å². The standard InChI is InChI=1S/C15H22N2OS/c1-11(2)13-3-5-14(6-4-13)17-15(18)10-19-9-12-7-16-8-12/h3-6,11-12,16H,7-10H2,1-2H3,(H,17,18). The van der Waals surface area contributed by atoms with E-state index < -0.39 is 0 Å². The normalized spacial score (nSPS) is 15.3. The molecule has 104 valence electrons. The quantitative estimate of drug-likeness (QED) is 0.840. The van der Waals surface area contributed by atoms with E-state index in [1.165, 1.54) is 5.56 Å². The van der Waals surface area contributed by atoms with Crippen LogP contribution >= 0.6 is 11.8 Å². The Morgan fingerprint density at radius 3 is 2.58 bits per heavy atom. The fraction of sp³-hybridized carbons (Fsp3) is 0.533. The molecular weight excluding hydrogens is 256 g/mol. The van der Waals surface area contributed by atoms with Crippen molar-refractivity contribution in [2.24, 2.45) is 5.92 Å². The van der Waals surface area contributed by atoms with E-state index in [0.717, 1.165) is 30.4 Å². The van der Waals surface area contributed by atoms with E-state index >= 15 is 0 Å². The van der Waals surface area contributed by atoms with E-state index in [4.69, 9.17) is 0 Å². The van der Waals surface area contributed by atoms with E-state index in [2.05, 4.69) is 36.6 Å². The maximum Gasteiger partial charge on any atom is 0.234 e. The Hall–Kier alpha value is -1.00. The molecule has 1 aliphatic rings. The third kappa shape index (κ3) is 4.55. The van der Waals surface area contributed by atoms with Crippen LogP contribution in [0, 0.1) is 5.92 Å². The fourth-order valence-electron chi connectivity index (χ4n) is 1.93. The first-order valence-electron chi connectivity index (χ1n) is 6.83. The highest BCUT2D eigenvalue weighted by atomic mass is 32.2. The van der Waals surface area contributed by atoms with Crippen LogP contribution in [0.3, 0.4) is 0 Å². The molecule has 1 heterocycles. The van der Waals surface area contributed by atoms with Crippen molar-refractivity contribution >= 4 is 23.4 Å². The molecule has 3 nitrogen and oxygen atoms in total. The second-order valence-electron chi connectivity index (χ2n) is 5.36. The molecule has 1 amide bonds. The molecule has 1 aromatic carbocycles. The van der Waals surface area contributed by atoms with Crippen LogP contribution in [0.1, 0.15) is 25.3 Å². The number of hydrogen-bond donors (Lipinski definition) is 2. The third-order valence-electron chi connectivity index (χ3n) is 3.31. The van der Waals surface area contributed by atoms with Crippen molar-refractivity contribution in [1.29, 1.82) is 0 Å². The molecule has 0 bridgehead atoms. The summed E-state index contributed by atoms with van der Waals surface area (Å²) in [6.07, 6.45) is 0. The SMILES string of the molecule is CC(C)c1ccc(NC(=O)CSCC2CNC2)cc1. The zero-order valence-electron chi connectivity index (χ0n) is 11.6. The largest absolute Gasteiger partial charge is 0.325 e. The van der Waals surface area contributed by atoms with Crippen molar-refractivity contribution in [2.75, 3.05) is 29.9 Å². The van der Waals surface area contributed by atoms with E-state index in [1.807, 2.05) is 12.1 Å². The molecule has 0 aliphatic carbocycles. The van der Waals surface area contributed by atoms with Crippen LogP contribution in [0.15, 0.2) is 24.3 Å². The lowest BCUT2D eigenvalue weighted by atomic mass is 10.0. The number of carbonyl (C=O) groups is 1. The van der Waals surface area contributed by atoms with Crippen molar-refractivity contribution in [3.05, 3.63) is 29.8 Å². The van der Waals surface area contributed by atoms with Gasteiger partial charge in [0.1, 0.15) is 0 Å². The minimum absolute atomic E-state index is 0.0922. The van der Waals surface area contributed by atoms with Gasteiger partial charge in [0, 0.05) is 5.69 Å². The molecule has 0 radical (unpaired) electrons. The first-order chi connectivity index (χ1) is 9.15. The van der Waals surface area contributed by atoms with Gasteiger partial charge in [-0.05, 0) is 48.4 Å². The van der Waals surface area contributed by atoms with Crippen LogP contribution in [0.4, 0.5) is 5.69 Å². The van der Waals surface area contributed by atoms with Crippen molar-refractivity contribution in [1.82, 2.24) is 5.32 Å². The molecule has 0 unspecified atom stereocenters. The zero-order chi connectivity index (χ0) is 13.7. The third-order valence-corrected chi connectivity index (χ3v) is 4.49. The summed E-state index contributed by atoms with van der Waals surface area (Å²) < 4.78 is 0. The maximum absolute atomic E-state index is 11.8. The Morgan fingerprint density at radius 2 is 2.05 bits per heavy atom. The molecule has 2 rings (SSSR count). The van der Waals surface area contributed by atoms with Gasteiger partial charge >= 0.3 is 0 Å².